The largest absolute Gasteiger partial charge is 0.427 e. The van der Waals surface area contributed by atoms with Crippen molar-refractivity contribution >= 4 is 33.7 Å². The second-order valence-electron chi connectivity index (χ2n) is 5.13. The quantitative estimate of drug-likeness (QED) is 0.450. The Balaban J connectivity index is 2.42. The van der Waals surface area contributed by atoms with E-state index in [0.717, 1.165) is 0 Å². The van der Waals surface area contributed by atoms with Crippen molar-refractivity contribution in [3.63, 3.8) is 0 Å². The summed E-state index contributed by atoms with van der Waals surface area (Å²) in [4.78, 5) is 35.1. The molecule has 0 aliphatic rings. The van der Waals surface area contributed by atoms with Crippen LogP contribution in [0.4, 0.5) is 0 Å². The van der Waals surface area contributed by atoms with E-state index >= 15 is 0 Å². The van der Waals surface area contributed by atoms with Crippen LogP contribution in [0.5, 0.6) is 11.5 Å². The molecule has 0 saturated heterocycles. The molecule has 24 heavy (non-hydrogen) atoms. The first-order chi connectivity index (χ1) is 11.3. The summed E-state index contributed by atoms with van der Waals surface area (Å²) in [6, 6.07) is 9.59. The Labute approximate surface area is 147 Å². The SMILES string of the molecule is CC(=O)Oc1ccc(C(=O)c2ccc(Br)cc2OC(C)=O)c(C)c1. The molecule has 124 valence electrons. The molecule has 0 aliphatic heterocycles. The molecule has 0 radical (unpaired) electrons. The Morgan fingerprint density at radius 3 is 2.08 bits per heavy atom. The van der Waals surface area contributed by atoms with E-state index < -0.39 is 11.9 Å². The standard InChI is InChI=1S/C18H15BrO5/c1-10-8-14(23-11(2)20)5-7-15(10)18(22)16-6-4-13(19)9-17(16)24-12(3)21/h4-9H,1-3H3. The predicted octanol–water partition coefficient (Wildman–Crippen LogP) is 3.84. The van der Waals surface area contributed by atoms with E-state index in [0.29, 0.717) is 21.3 Å². The molecule has 2 rings (SSSR count). The highest BCUT2D eigenvalue weighted by Crippen LogP contribution is 2.28. The van der Waals surface area contributed by atoms with Crippen molar-refractivity contribution < 1.29 is 23.9 Å². The Morgan fingerprint density at radius 1 is 0.875 bits per heavy atom. The first kappa shape index (κ1) is 17.9. The summed E-state index contributed by atoms with van der Waals surface area (Å²) in [6.07, 6.45) is 0. The van der Waals surface area contributed by atoms with E-state index in [1.54, 1.807) is 43.3 Å². The molecule has 0 N–H and O–H groups in total. The van der Waals surface area contributed by atoms with E-state index in [-0.39, 0.29) is 17.1 Å². The number of halogens is 1. The average Bonchev–Trinajstić information content (AvgIpc) is 2.45. The van der Waals surface area contributed by atoms with Crippen LogP contribution in [0.3, 0.4) is 0 Å². The van der Waals surface area contributed by atoms with Gasteiger partial charge in [0.2, 0.25) is 0 Å². The molecule has 2 aromatic rings. The highest BCUT2D eigenvalue weighted by Gasteiger charge is 2.18. The number of carbonyl (C=O) groups is 3. The van der Waals surface area contributed by atoms with Gasteiger partial charge in [0.25, 0.3) is 0 Å². The van der Waals surface area contributed by atoms with Crippen molar-refractivity contribution in [1.82, 2.24) is 0 Å². The van der Waals surface area contributed by atoms with Crippen molar-refractivity contribution in [2.24, 2.45) is 0 Å². The van der Waals surface area contributed by atoms with E-state index in [1.165, 1.54) is 13.8 Å². The molecular weight excluding hydrogens is 376 g/mol. The summed E-state index contributed by atoms with van der Waals surface area (Å²) in [6.45, 7) is 4.32. The molecule has 0 spiro atoms. The van der Waals surface area contributed by atoms with Crippen LogP contribution >= 0.6 is 15.9 Å². The average molecular weight is 391 g/mol. The van der Waals surface area contributed by atoms with Gasteiger partial charge in [-0.25, -0.2) is 0 Å². The normalized spacial score (nSPS) is 10.2. The van der Waals surface area contributed by atoms with Crippen molar-refractivity contribution in [3.05, 3.63) is 57.6 Å². The van der Waals surface area contributed by atoms with Crippen molar-refractivity contribution in [3.8, 4) is 11.5 Å². The van der Waals surface area contributed by atoms with Gasteiger partial charge in [0.15, 0.2) is 5.78 Å². The maximum atomic E-state index is 12.8. The van der Waals surface area contributed by atoms with Gasteiger partial charge < -0.3 is 9.47 Å². The van der Waals surface area contributed by atoms with Gasteiger partial charge >= 0.3 is 11.9 Å². The van der Waals surface area contributed by atoms with Gasteiger partial charge in [-0.3, -0.25) is 14.4 Å². The van der Waals surface area contributed by atoms with Crippen LogP contribution in [-0.4, -0.2) is 17.7 Å². The zero-order chi connectivity index (χ0) is 17.9. The lowest BCUT2D eigenvalue weighted by atomic mass is 9.98. The van der Waals surface area contributed by atoms with Crippen LogP contribution < -0.4 is 9.47 Å². The zero-order valence-electron chi connectivity index (χ0n) is 13.4. The number of esters is 2. The first-order valence-corrected chi connectivity index (χ1v) is 7.89. The van der Waals surface area contributed by atoms with Gasteiger partial charge in [0, 0.05) is 23.9 Å². The zero-order valence-corrected chi connectivity index (χ0v) is 15.0. The molecule has 0 amide bonds. The van der Waals surface area contributed by atoms with E-state index in [2.05, 4.69) is 15.9 Å². The number of benzene rings is 2. The van der Waals surface area contributed by atoms with Gasteiger partial charge in [-0.1, -0.05) is 15.9 Å². The van der Waals surface area contributed by atoms with Crippen LogP contribution in [0.15, 0.2) is 40.9 Å². The second-order valence-corrected chi connectivity index (χ2v) is 6.05. The third kappa shape index (κ3) is 4.29. The first-order valence-electron chi connectivity index (χ1n) is 7.09. The third-order valence-corrected chi connectivity index (χ3v) is 3.64. The molecule has 5 nitrogen and oxygen atoms in total. The Morgan fingerprint density at radius 2 is 1.50 bits per heavy atom. The molecule has 0 aromatic heterocycles. The molecule has 0 fully saturated rings. The molecule has 0 saturated carbocycles. The molecular formula is C18H15BrO5. The molecule has 0 aliphatic carbocycles. The summed E-state index contributed by atoms with van der Waals surface area (Å²) in [5.74, 6) is -0.675. The Hall–Kier alpha value is -2.47. The minimum atomic E-state index is -0.510. The maximum absolute atomic E-state index is 12.8. The molecule has 0 unspecified atom stereocenters. The van der Waals surface area contributed by atoms with Gasteiger partial charge in [-0.15, -0.1) is 0 Å². The fraction of sp³-hybridized carbons (Fsp3) is 0.167. The summed E-state index contributed by atoms with van der Waals surface area (Å²) >= 11 is 3.29. The topological polar surface area (TPSA) is 69.7 Å². The number of rotatable bonds is 4. The Bertz CT molecular complexity index is 826. The lowest BCUT2D eigenvalue weighted by Gasteiger charge is -2.11. The number of aryl methyl sites for hydroxylation is 1. The highest BCUT2D eigenvalue weighted by molar-refractivity contribution is 9.10. The van der Waals surface area contributed by atoms with Crippen molar-refractivity contribution in [2.75, 3.05) is 0 Å². The molecule has 6 heteroatoms. The van der Waals surface area contributed by atoms with E-state index in [1.807, 2.05) is 0 Å². The second kappa shape index (κ2) is 7.40. The fourth-order valence-electron chi connectivity index (χ4n) is 2.19. The summed E-state index contributed by atoms with van der Waals surface area (Å²) in [7, 11) is 0. The van der Waals surface area contributed by atoms with Gasteiger partial charge in [-0.05, 0) is 48.9 Å². The smallest absolute Gasteiger partial charge is 0.308 e. The Kier molecular flexibility index (Phi) is 5.51. The van der Waals surface area contributed by atoms with Crippen LogP contribution in [0.25, 0.3) is 0 Å². The van der Waals surface area contributed by atoms with E-state index in [9.17, 15) is 14.4 Å². The number of ketones is 1. The van der Waals surface area contributed by atoms with Crippen LogP contribution in [-0.2, 0) is 9.59 Å². The highest BCUT2D eigenvalue weighted by atomic mass is 79.9. The predicted molar refractivity (Wildman–Crippen MR) is 91.4 cm³/mol. The molecule has 0 heterocycles. The monoisotopic (exact) mass is 390 g/mol. The number of ether oxygens (including phenoxy) is 2. The lowest BCUT2D eigenvalue weighted by Crippen LogP contribution is -2.10. The van der Waals surface area contributed by atoms with Crippen molar-refractivity contribution in [2.45, 2.75) is 20.8 Å². The third-order valence-electron chi connectivity index (χ3n) is 3.15. The number of carbonyl (C=O) groups excluding carboxylic acids is 3. The molecule has 0 bridgehead atoms. The lowest BCUT2D eigenvalue weighted by molar-refractivity contribution is -0.132. The van der Waals surface area contributed by atoms with Gasteiger partial charge in [0.1, 0.15) is 11.5 Å². The number of hydrogen-bond acceptors (Lipinski definition) is 5. The number of hydrogen-bond donors (Lipinski definition) is 0. The maximum Gasteiger partial charge on any atom is 0.308 e. The van der Waals surface area contributed by atoms with Crippen LogP contribution in [0.1, 0.15) is 35.3 Å². The minimum Gasteiger partial charge on any atom is -0.427 e. The summed E-state index contributed by atoms with van der Waals surface area (Å²) < 4.78 is 10.8. The van der Waals surface area contributed by atoms with Gasteiger partial charge in [-0.2, -0.15) is 0 Å². The van der Waals surface area contributed by atoms with Crippen molar-refractivity contribution in [1.29, 1.82) is 0 Å². The van der Waals surface area contributed by atoms with Crippen LogP contribution in [0.2, 0.25) is 0 Å². The molecule has 2 aromatic carbocycles. The van der Waals surface area contributed by atoms with Crippen LogP contribution in [0, 0.1) is 6.92 Å². The fourth-order valence-corrected chi connectivity index (χ4v) is 2.53. The molecule has 0 atom stereocenters. The van der Waals surface area contributed by atoms with E-state index in [4.69, 9.17) is 9.47 Å². The summed E-state index contributed by atoms with van der Waals surface area (Å²) in [5.41, 5.74) is 1.36. The minimum absolute atomic E-state index is 0.185. The summed E-state index contributed by atoms with van der Waals surface area (Å²) in [5, 5.41) is 0. The van der Waals surface area contributed by atoms with Gasteiger partial charge in [0.05, 0.1) is 5.56 Å².